The van der Waals surface area contributed by atoms with Gasteiger partial charge < -0.3 is 5.11 Å². The highest BCUT2D eigenvalue weighted by Crippen LogP contribution is 2.15. The Bertz CT molecular complexity index is 642. The van der Waals surface area contributed by atoms with Crippen molar-refractivity contribution < 1.29 is 9.90 Å². The topological polar surface area (TPSA) is 37.3 Å². The molecule has 2 rings (SSSR count). The highest BCUT2D eigenvalue weighted by atomic mass is 16.4. The van der Waals surface area contributed by atoms with Crippen molar-refractivity contribution in [3.05, 3.63) is 70.8 Å². The van der Waals surface area contributed by atoms with Crippen LogP contribution in [-0.4, -0.2) is 11.1 Å². The summed E-state index contributed by atoms with van der Waals surface area (Å²) in [4.78, 5) is 11.2. The molecule has 2 nitrogen and oxygen atoms in total. The Hall–Kier alpha value is -2.35. The molecule has 0 aliphatic carbocycles. The maximum Gasteiger partial charge on any atom is 0.336 e. The van der Waals surface area contributed by atoms with Gasteiger partial charge in [0.1, 0.15) is 0 Å². The number of carboxylic acids is 1. The van der Waals surface area contributed by atoms with Gasteiger partial charge in [0.25, 0.3) is 0 Å². The van der Waals surface area contributed by atoms with Gasteiger partial charge >= 0.3 is 5.97 Å². The summed E-state index contributed by atoms with van der Waals surface area (Å²) in [5.41, 5.74) is 3.48. The average Bonchev–Trinajstić information content (AvgIpc) is 2.51. The molecular formula is C19H20O2. The van der Waals surface area contributed by atoms with E-state index in [1.807, 2.05) is 36.4 Å². The molecule has 1 N–H and O–H groups in total. The van der Waals surface area contributed by atoms with Crippen LogP contribution in [0.15, 0.2) is 48.5 Å². The van der Waals surface area contributed by atoms with Crippen molar-refractivity contribution in [2.24, 2.45) is 0 Å². The van der Waals surface area contributed by atoms with E-state index in [0.717, 1.165) is 17.5 Å². The lowest BCUT2D eigenvalue weighted by molar-refractivity contribution is 0.0696. The molecule has 0 amide bonds. The van der Waals surface area contributed by atoms with Gasteiger partial charge in [-0.05, 0) is 35.6 Å². The Morgan fingerprint density at radius 1 is 1.10 bits per heavy atom. The van der Waals surface area contributed by atoms with Crippen LogP contribution in [0.3, 0.4) is 0 Å². The molecule has 0 aromatic heterocycles. The third-order valence-corrected chi connectivity index (χ3v) is 3.42. The van der Waals surface area contributed by atoms with E-state index in [-0.39, 0.29) is 0 Å². The fraction of sp³-hybridized carbons (Fsp3) is 0.211. The Morgan fingerprint density at radius 2 is 1.90 bits per heavy atom. The SMILES string of the molecule is CCCCc1cccc(C=Cc2ccccc2C(=O)O)c1. The number of aromatic carboxylic acids is 1. The van der Waals surface area contributed by atoms with Crippen LogP contribution in [0.1, 0.15) is 46.8 Å². The monoisotopic (exact) mass is 280 g/mol. The van der Waals surface area contributed by atoms with Crippen molar-refractivity contribution in [1.82, 2.24) is 0 Å². The third kappa shape index (κ3) is 4.32. The number of rotatable bonds is 6. The summed E-state index contributed by atoms with van der Waals surface area (Å²) in [5, 5.41) is 9.17. The summed E-state index contributed by atoms with van der Waals surface area (Å²) < 4.78 is 0. The number of hydrogen-bond acceptors (Lipinski definition) is 1. The van der Waals surface area contributed by atoms with Gasteiger partial charge in [-0.2, -0.15) is 0 Å². The van der Waals surface area contributed by atoms with Crippen LogP contribution in [0.2, 0.25) is 0 Å². The third-order valence-electron chi connectivity index (χ3n) is 3.42. The molecule has 2 heteroatoms. The van der Waals surface area contributed by atoms with E-state index in [9.17, 15) is 9.90 Å². The van der Waals surface area contributed by atoms with E-state index in [1.165, 1.54) is 18.4 Å². The van der Waals surface area contributed by atoms with Crippen molar-refractivity contribution in [2.45, 2.75) is 26.2 Å². The van der Waals surface area contributed by atoms with Crippen molar-refractivity contribution in [3.8, 4) is 0 Å². The second-order valence-electron chi connectivity index (χ2n) is 5.07. The average molecular weight is 280 g/mol. The first-order valence-electron chi connectivity index (χ1n) is 7.30. The molecule has 0 atom stereocenters. The van der Waals surface area contributed by atoms with E-state index in [2.05, 4.69) is 19.1 Å². The molecule has 0 radical (unpaired) electrons. The van der Waals surface area contributed by atoms with E-state index < -0.39 is 5.97 Å². The van der Waals surface area contributed by atoms with Crippen LogP contribution in [-0.2, 0) is 6.42 Å². The number of hydrogen-bond donors (Lipinski definition) is 1. The van der Waals surface area contributed by atoms with E-state index in [0.29, 0.717) is 5.56 Å². The minimum atomic E-state index is -0.896. The second kappa shape index (κ2) is 7.44. The minimum absolute atomic E-state index is 0.330. The van der Waals surface area contributed by atoms with Crippen LogP contribution in [0.25, 0.3) is 12.2 Å². The fourth-order valence-electron chi connectivity index (χ4n) is 2.26. The van der Waals surface area contributed by atoms with E-state index in [4.69, 9.17) is 0 Å². The van der Waals surface area contributed by atoms with Crippen LogP contribution >= 0.6 is 0 Å². The number of unbranched alkanes of at least 4 members (excludes halogenated alkanes) is 1. The molecular weight excluding hydrogens is 260 g/mol. The Labute approximate surface area is 125 Å². The smallest absolute Gasteiger partial charge is 0.336 e. The fourth-order valence-corrected chi connectivity index (χ4v) is 2.26. The Balaban J connectivity index is 2.20. The number of benzene rings is 2. The predicted molar refractivity (Wildman–Crippen MR) is 87.4 cm³/mol. The molecule has 0 unspecified atom stereocenters. The lowest BCUT2D eigenvalue weighted by Gasteiger charge is -2.02. The number of carboxylic acid groups (broad SMARTS) is 1. The van der Waals surface area contributed by atoms with Crippen molar-refractivity contribution in [2.75, 3.05) is 0 Å². The van der Waals surface area contributed by atoms with Gasteiger partial charge in [-0.25, -0.2) is 4.79 Å². The van der Waals surface area contributed by atoms with E-state index in [1.54, 1.807) is 12.1 Å². The second-order valence-corrected chi connectivity index (χ2v) is 5.07. The van der Waals surface area contributed by atoms with E-state index >= 15 is 0 Å². The van der Waals surface area contributed by atoms with Crippen molar-refractivity contribution >= 4 is 18.1 Å². The maximum atomic E-state index is 11.2. The number of aryl methyl sites for hydroxylation is 1. The first kappa shape index (κ1) is 15.0. The minimum Gasteiger partial charge on any atom is -0.478 e. The molecule has 21 heavy (non-hydrogen) atoms. The summed E-state index contributed by atoms with van der Waals surface area (Å²) in [5.74, 6) is -0.896. The molecule has 0 heterocycles. The largest absolute Gasteiger partial charge is 0.478 e. The number of carbonyl (C=O) groups is 1. The standard InChI is InChI=1S/C19H20O2/c1-2-3-7-15-8-6-9-16(14-15)12-13-17-10-4-5-11-18(17)19(20)21/h4-6,8-14H,2-3,7H2,1H3,(H,20,21). The van der Waals surface area contributed by atoms with Crippen molar-refractivity contribution in [3.63, 3.8) is 0 Å². The van der Waals surface area contributed by atoms with Crippen LogP contribution in [0.4, 0.5) is 0 Å². The molecule has 2 aromatic carbocycles. The van der Waals surface area contributed by atoms with Crippen molar-refractivity contribution in [1.29, 1.82) is 0 Å². The normalized spacial score (nSPS) is 10.9. The summed E-state index contributed by atoms with van der Waals surface area (Å²) >= 11 is 0. The highest BCUT2D eigenvalue weighted by Gasteiger charge is 2.05. The molecule has 0 aliphatic rings. The maximum absolute atomic E-state index is 11.2. The van der Waals surface area contributed by atoms with Crippen LogP contribution in [0.5, 0.6) is 0 Å². The molecule has 0 spiro atoms. The highest BCUT2D eigenvalue weighted by molar-refractivity contribution is 5.93. The zero-order valence-electron chi connectivity index (χ0n) is 12.3. The van der Waals surface area contributed by atoms with Gasteiger partial charge in [0.05, 0.1) is 5.56 Å². The van der Waals surface area contributed by atoms with Gasteiger partial charge in [0, 0.05) is 0 Å². The lowest BCUT2D eigenvalue weighted by Crippen LogP contribution is -1.98. The molecule has 0 saturated heterocycles. The quantitative estimate of drug-likeness (QED) is 0.764. The zero-order chi connectivity index (χ0) is 15.1. The molecule has 0 fully saturated rings. The van der Waals surface area contributed by atoms with Crippen LogP contribution < -0.4 is 0 Å². The van der Waals surface area contributed by atoms with Crippen LogP contribution in [0, 0.1) is 0 Å². The molecule has 0 aliphatic heterocycles. The molecule has 0 saturated carbocycles. The molecule has 2 aromatic rings. The van der Waals surface area contributed by atoms with Gasteiger partial charge in [-0.15, -0.1) is 0 Å². The first-order valence-corrected chi connectivity index (χ1v) is 7.30. The first-order chi connectivity index (χ1) is 10.2. The van der Waals surface area contributed by atoms with Gasteiger partial charge in [-0.1, -0.05) is 68.0 Å². The van der Waals surface area contributed by atoms with Gasteiger partial charge in [-0.3, -0.25) is 0 Å². The summed E-state index contributed by atoms with van der Waals surface area (Å²) in [6.45, 7) is 2.19. The lowest BCUT2D eigenvalue weighted by atomic mass is 10.0. The van der Waals surface area contributed by atoms with Gasteiger partial charge in [0.15, 0.2) is 0 Å². The zero-order valence-corrected chi connectivity index (χ0v) is 12.3. The summed E-state index contributed by atoms with van der Waals surface area (Å²) in [6.07, 6.45) is 7.30. The molecule has 108 valence electrons. The summed E-state index contributed by atoms with van der Waals surface area (Å²) in [6, 6.07) is 15.4. The predicted octanol–water partition coefficient (Wildman–Crippen LogP) is 4.90. The Morgan fingerprint density at radius 3 is 2.67 bits per heavy atom. The molecule has 0 bridgehead atoms. The summed E-state index contributed by atoms with van der Waals surface area (Å²) in [7, 11) is 0. The Kier molecular flexibility index (Phi) is 5.33. The van der Waals surface area contributed by atoms with Gasteiger partial charge in [0.2, 0.25) is 0 Å².